The van der Waals surface area contributed by atoms with Gasteiger partial charge < -0.3 is 14.6 Å². The van der Waals surface area contributed by atoms with E-state index in [0.29, 0.717) is 11.5 Å². The molecule has 1 unspecified atom stereocenters. The maximum atomic E-state index is 10.6. The Bertz CT molecular complexity index is 378. The van der Waals surface area contributed by atoms with Crippen LogP contribution in [0.5, 0.6) is 11.5 Å². The lowest BCUT2D eigenvalue weighted by atomic mass is 10.1. The Hall–Kier alpha value is -1.42. The second-order valence-corrected chi connectivity index (χ2v) is 3.71. The molecule has 0 fully saturated rings. The van der Waals surface area contributed by atoms with Crippen LogP contribution in [0.4, 0.5) is 0 Å². The molecule has 0 heterocycles. The van der Waals surface area contributed by atoms with E-state index in [2.05, 4.69) is 0 Å². The fraction of sp³-hybridized carbons (Fsp3) is 0.364. The van der Waals surface area contributed by atoms with Gasteiger partial charge in [0.2, 0.25) is 0 Å². The van der Waals surface area contributed by atoms with E-state index in [9.17, 15) is 4.79 Å². The van der Waals surface area contributed by atoms with Crippen molar-refractivity contribution in [3.63, 3.8) is 0 Å². The minimum absolute atomic E-state index is 0.212. The number of carboxylic acid groups (broad SMARTS) is 1. The highest BCUT2D eigenvalue weighted by Crippen LogP contribution is 2.26. The summed E-state index contributed by atoms with van der Waals surface area (Å²) in [6.45, 7) is 0. The first-order chi connectivity index (χ1) is 7.58. The summed E-state index contributed by atoms with van der Waals surface area (Å²) in [5.74, 6) is 0.188. The van der Waals surface area contributed by atoms with Gasteiger partial charge in [0.05, 0.1) is 14.2 Å². The van der Waals surface area contributed by atoms with Crippen LogP contribution in [0.25, 0.3) is 0 Å². The molecule has 0 aliphatic heterocycles. The Labute approximate surface area is 98.7 Å². The minimum Gasteiger partial charge on any atom is -0.497 e. The molecule has 0 aromatic heterocycles. The van der Waals surface area contributed by atoms with E-state index in [-0.39, 0.29) is 6.42 Å². The van der Waals surface area contributed by atoms with Gasteiger partial charge in [0.1, 0.15) is 16.9 Å². The van der Waals surface area contributed by atoms with Gasteiger partial charge in [0.25, 0.3) is 0 Å². The molecule has 88 valence electrons. The number of aliphatic carboxylic acids is 1. The van der Waals surface area contributed by atoms with E-state index in [1.54, 1.807) is 25.3 Å². The second-order valence-electron chi connectivity index (χ2n) is 3.19. The Morgan fingerprint density at radius 1 is 1.44 bits per heavy atom. The number of hydrogen-bond acceptors (Lipinski definition) is 3. The van der Waals surface area contributed by atoms with E-state index < -0.39 is 11.3 Å². The summed E-state index contributed by atoms with van der Waals surface area (Å²) in [4.78, 5) is 10.6. The summed E-state index contributed by atoms with van der Waals surface area (Å²) in [7, 11) is 3.07. The van der Waals surface area contributed by atoms with Crippen LogP contribution >= 0.6 is 11.6 Å². The normalized spacial score (nSPS) is 11.9. The Morgan fingerprint density at radius 2 is 2.12 bits per heavy atom. The highest BCUT2D eigenvalue weighted by Gasteiger charge is 2.17. The molecule has 4 nitrogen and oxygen atoms in total. The van der Waals surface area contributed by atoms with Crippen molar-refractivity contribution in [2.24, 2.45) is 0 Å². The molecule has 0 radical (unpaired) electrons. The Kier molecular flexibility index (Phi) is 4.43. The molecule has 16 heavy (non-hydrogen) atoms. The molecule has 0 amide bonds. The van der Waals surface area contributed by atoms with Crippen molar-refractivity contribution < 1.29 is 19.4 Å². The van der Waals surface area contributed by atoms with Crippen molar-refractivity contribution in [3.05, 3.63) is 23.8 Å². The minimum atomic E-state index is -1.04. The van der Waals surface area contributed by atoms with Crippen molar-refractivity contribution in [1.82, 2.24) is 0 Å². The van der Waals surface area contributed by atoms with Gasteiger partial charge in [-0.3, -0.25) is 4.79 Å². The molecule has 5 heteroatoms. The zero-order chi connectivity index (χ0) is 12.1. The lowest BCUT2D eigenvalue weighted by Gasteiger charge is -2.11. The summed E-state index contributed by atoms with van der Waals surface area (Å²) in [5.41, 5.74) is 0.741. The summed E-state index contributed by atoms with van der Waals surface area (Å²) >= 11 is 5.67. The van der Waals surface area contributed by atoms with Crippen LogP contribution in [0, 0.1) is 0 Å². The molecule has 1 N–H and O–H groups in total. The van der Waals surface area contributed by atoms with E-state index in [1.807, 2.05) is 0 Å². The van der Waals surface area contributed by atoms with E-state index in [1.165, 1.54) is 7.11 Å². The van der Waals surface area contributed by atoms with Gasteiger partial charge in [-0.05, 0) is 11.6 Å². The molecule has 0 bridgehead atoms. The maximum absolute atomic E-state index is 10.6. The average Bonchev–Trinajstić information content (AvgIpc) is 2.29. The third-order valence-electron chi connectivity index (χ3n) is 2.16. The predicted octanol–water partition coefficient (Wildman–Crippen LogP) is 1.94. The molecule has 1 rings (SSSR count). The van der Waals surface area contributed by atoms with E-state index >= 15 is 0 Å². The van der Waals surface area contributed by atoms with Crippen LogP contribution in [-0.4, -0.2) is 30.7 Å². The lowest BCUT2D eigenvalue weighted by molar-refractivity contribution is -0.136. The van der Waals surface area contributed by atoms with Crippen LogP contribution in [0.3, 0.4) is 0 Å². The number of ether oxygens (including phenoxy) is 2. The van der Waals surface area contributed by atoms with E-state index in [4.69, 9.17) is 26.2 Å². The molecule has 0 aliphatic rings. The first kappa shape index (κ1) is 12.6. The highest BCUT2D eigenvalue weighted by molar-refractivity contribution is 6.29. The van der Waals surface area contributed by atoms with Gasteiger partial charge in [0.15, 0.2) is 0 Å². The fourth-order valence-electron chi connectivity index (χ4n) is 1.30. The van der Waals surface area contributed by atoms with Gasteiger partial charge in [-0.15, -0.1) is 11.6 Å². The highest BCUT2D eigenvalue weighted by atomic mass is 35.5. The number of hydrogen-bond donors (Lipinski definition) is 1. The third kappa shape index (κ3) is 3.03. The molecule has 0 aliphatic carbocycles. The zero-order valence-electron chi connectivity index (χ0n) is 9.07. The van der Waals surface area contributed by atoms with Crippen molar-refractivity contribution in [2.75, 3.05) is 14.2 Å². The number of benzene rings is 1. The number of rotatable bonds is 5. The van der Waals surface area contributed by atoms with Gasteiger partial charge in [-0.25, -0.2) is 0 Å². The topological polar surface area (TPSA) is 55.8 Å². The summed E-state index contributed by atoms with van der Waals surface area (Å²) < 4.78 is 10.2. The SMILES string of the molecule is COc1ccc(CC(Cl)C(=O)O)c(OC)c1. The van der Waals surface area contributed by atoms with Crippen molar-refractivity contribution in [1.29, 1.82) is 0 Å². The predicted molar refractivity (Wildman–Crippen MR) is 60.5 cm³/mol. The maximum Gasteiger partial charge on any atom is 0.321 e. The molecule has 0 saturated heterocycles. The first-order valence-corrected chi connectivity index (χ1v) is 5.10. The Morgan fingerprint density at radius 3 is 2.62 bits per heavy atom. The van der Waals surface area contributed by atoms with Crippen molar-refractivity contribution in [3.8, 4) is 11.5 Å². The molecule has 0 spiro atoms. The average molecular weight is 245 g/mol. The number of carbonyl (C=O) groups is 1. The molecule has 1 atom stereocenters. The monoisotopic (exact) mass is 244 g/mol. The molecular formula is C11H13ClO4. The van der Waals surface area contributed by atoms with Gasteiger partial charge in [-0.2, -0.15) is 0 Å². The molecule has 1 aromatic carbocycles. The van der Waals surface area contributed by atoms with Crippen LogP contribution in [0.15, 0.2) is 18.2 Å². The standard InChI is InChI=1S/C11H13ClO4/c1-15-8-4-3-7(10(6-8)16-2)5-9(12)11(13)14/h3-4,6,9H,5H2,1-2H3,(H,13,14). The number of alkyl halides is 1. The molecular weight excluding hydrogens is 232 g/mol. The molecule has 0 saturated carbocycles. The summed E-state index contributed by atoms with van der Waals surface area (Å²) in [6, 6.07) is 5.18. The summed E-state index contributed by atoms with van der Waals surface area (Å²) in [5, 5.41) is 7.75. The number of carboxylic acids is 1. The largest absolute Gasteiger partial charge is 0.497 e. The van der Waals surface area contributed by atoms with Crippen LogP contribution in [-0.2, 0) is 11.2 Å². The quantitative estimate of drug-likeness (QED) is 0.805. The lowest BCUT2D eigenvalue weighted by Crippen LogP contribution is -2.16. The third-order valence-corrected chi connectivity index (χ3v) is 2.50. The van der Waals surface area contributed by atoms with Gasteiger partial charge >= 0.3 is 5.97 Å². The second kappa shape index (κ2) is 5.61. The first-order valence-electron chi connectivity index (χ1n) is 4.66. The smallest absolute Gasteiger partial charge is 0.321 e. The fourth-order valence-corrected chi connectivity index (χ4v) is 1.47. The Balaban J connectivity index is 2.91. The van der Waals surface area contributed by atoms with Gasteiger partial charge in [-0.1, -0.05) is 6.07 Å². The van der Waals surface area contributed by atoms with Crippen LogP contribution < -0.4 is 9.47 Å². The zero-order valence-corrected chi connectivity index (χ0v) is 9.82. The van der Waals surface area contributed by atoms with Crippen LogP contribution in [0.1, 0.15) is 5.56 Å². The van der Waals surface area contributed by atoms with Crippen LogP contribution in [0.2, 0.25) is 0 Å². The number of halogens is 1. The van der Waals surface area contributed by atoms with E-state index in [0.717, 1.165) is 5.56 Å². The number of methoxy groups -OCH3 is 2. The van der Waals surface area contributed by atoms with Crippen molar-refractivity contribution in [2.45, 2.75) is 11.8 Å². The van der Waals surface area contributed by atoms with Crippen molar-refractivity contribution >= 4 is 17.6 Å². The molecule has 1 aromatic rings. The summed E-state index contributed by atoms with van der Waals surface area (Å²) in [6.07, 6.45) is 0.212. The van der Waals surface area contributed by atoms with Gasteiger partial charge in [0, 0.05) is 12.5 Å².